The maximum absolute atomic E-state index is 12.7. The molecule has 1 saturated heterocycles. The highest BCUT2D eigenvalue weighted by atomic mass is 32.1. The average Bonchev–Trinajstić information content (AvgIpc) is 3.54. The van der Waals surface area contributed by atoms with Crippen molar-refractivity contribution in [1.29, 1.82) is 0 Å². The van der Waals surface area contributed by atoms with Crippen molar-refractivity contribution in [3.05, 3.63) is 47.7 Å². The quantitative estimate of drug-likeness (QED) is 0.686. The number of benzene rings is 1. The Balaban J connectivity index is 1.18. The van der Waals surface area contributed by atoms with E-state index in [4.69, 9.17) is 13.9 Å². The topological polar surface area (TPSA) is 93.9 Å². The fraction of sp³-hybridized carbons (Fsp3) is 0.286. The summed E-state index contributed by atoms with van der Waals surface area (Å²) in [4.78, 5) is 31.3. The Labute approximate surface area is 176 Å². The van der Waals surface area contributed by atoms with Gasteiger partial charge >= 0.3 is 0 Å². The number of aromatic nitrogens is 1. The van der Waals surface area contributed by atoms with E-state index in [2.05, 4.69) is 10.3 Å². The van der Waals surface area contributed by atoms with Gasteiger partial charge in [-0.2, -0.15) is 0 Å². The highest BCUT2D eigenvalue weighted by Gasteiger charge is 2.29. The number of hydrogen-bond donors (Lipinski definition) is 1. The normalized spacial score (nSPS) is 15.9. The van der Waals surface area contributed by atoms with Crippen molar-refractivity contribution in [2.75, 3.05) is 25.2 Å². The minimum absolute atomic E-state index is 0.0633. The number of fused-ring (bicyclic) bond motifs is 1. The first-order valence-corrected chi connectivity index (χ1v) is 10.5. The number of piperidine rings is 1. The molecule has 0 atom stereocenters. The first kappa shape index (κ1) is 18.7. The number of furan rings is 1. The number of nitrogens with zero attached hydrogens (tertiary/aromatic N) is 2. The molecule has 4 heterocycles. The number of thiazole rings is 1. The fourth-order valence-corrected chi connectivity index (χ4v) is 4.35. The van der Waals surface area contributed by atoms with Crippen molar-refractivity contribution in [3.8, 4) is 22.8 Å². The molecule has 1 aromatic carbocycles. The van der Waals surface area contributed by atoms with Crippen LogP contribution in [0.2, 0.25) is 0 Å². The largest absolute Gasteiger partial charge is 0.459 e. The summed E-state index contributed by atoms with van der Waals surface area (Å²) >= 11 is 1.38. The maximum Gasteiger partial charge on any atom is 0.289 e. The van der Waals surface area contributed by atoms with Crippen LogP contribution in [0.4, 0.5) is 5.13 Å². The second kappa shape index (κ2) is 7.83. The SMILES string of the molecule is O=C(Nc1nc(-c2ccc3c(c2)OCO3)cs1)C1CCN(C(=O)c2ccco2)CC1. The van der Waals surface area contributed by atoms with Crippen LogP contribution in [-0.2, 0) is 4.79 Å². The molecule has 30 heavy (non-hydrogen) atoms. The predicted octanol–water partition coefficient (Wildman–Crippen LogP) is 3.62. The number of nitrogens with one attached hydrogen (secondary N) is 1. The van der Waals surface area contributed by atoms with Crippen molar-refractivity contribution in [3.63, 3.8) is 0 Å². The van der Waals surface area contributed by atoms with Crippen LogP contribution >= 0.6 is 11.3 Å². The number of rotatable bonds is 4. The fourth-order valence-electron chi connectivity index (χ4n) is 3.63. The molecule has 2 aliphatic heterocycles. The van der Waals surface area contributed by atoms with Crippen LogP contribution in [0.5, 0.6) is 11.5 Å². The second-order valence-electron chi connectivity index (χ2n) is 7.14. The molecule has 1 fully saturated rings. The predicted molar refractivity (Wildman–Crippen MR) is 110 cm³/mol. The molecule has 0 spiro atoms. The van der Waals surface area contributed by atoms with Crippen molar-refractivity contribution >= 4 is 28.3 Å². The third kappa shape index (κ3) is 3.63. The summed E-state index contributed by atoms with van der Waals surface area (Å²) in [7, 11) is 0. The van der Waals surface area contributed by atoms with Gasteiger partial charge in [-0.15, -0.1) is 11.3 Å². The Morgan fingerprint density at radius 1 is 1.13 bits per heavy atom. The molecule has 8 nitrogen and oxygen atoms in total. The number of amides is 2. The second-order valence-corrected chi connectivity index (χ2v) is 8.00. The molecule has 5 rings (SSSR count). The Bertz CT molecular complexity index is 1070. The smallest absolute Gasteiger partial charge is 0.289 e. The number of ether oxygens (including phenoxy) is 2. The standard InChI is InChI=1S/C21H19N3O5S/c25-19(13-5-7-24(8-6-13)20(26)17-2-1-9-27-17)23-21-22-15(11-30-21)14-3-4-16-18(10-14)29-12-28-16/h1-4,9-11,13H,5-8,12H2,(H,22,23,25). The summed E-state index contributed by atoms with van der Waals surface area (Å²) in [5.74, 6) is 1.40. The summed E-state index contributed by atoms with van der Waals surface area (Å²) in [6, 6.07) is 9.00. The van der Waals surface area contributed by atoms with Gasteiger partial charge in [0.25, 0.3) is 5.91 Å². The molecule has 0 radical (unpaired) electrons. The number of hydrogen-bond acceptors (Lipinski definition) is 7. The van der Waals surface area contributed by atoms with Crippen molar-refractivity contribution in [2.45, 2.75) is 12.8 Å². The molecule has 3 aromatic rings. The van der Waals surface area contributed by atoms with E-state index in [9.17, 15) is 9.59 Å². The van der Waals surface area contributed by atoms with E-state index in [0.717, 1.165) is 17.0 Å². The first-order chi connectivity index (χ1) is 14.7. The van der Waals surface area contributed by atoms with E-state index in [1.54, 1.807) is 17.0 Å². The van der Waals surface area contributed by atoms with Crippen LogP contribution in [-0.4, -0.2) is 41.6 Å². The van der Waals surface area contributed by atoms with Gasteiger partial charge < -0.3 is 24.1 Å². The van der Waals surface area contributed by atoms with E-state index >= 15 is 0 Å². The molecule has 0 aliphatic carbocycles. The lowest BCUT2D eigenvalue weighted by molar-refractivity contribution is -0.121. The maximum atomic E-state index is 12.7. The van der Waals surface area contributed by atoms with Crippen LogP contribution in [0.25, 0.3) is 11.3 Å². The summed E-state index contributed by atoms with van der Waals surface area (Å²) in [6.45, 7) is 1.28. The molecule has 2 aromatic heterocycles. The van der Waals surface area contributed by atoms with Gasteiger partial charge in [0, 0.05) is 30.0 Å². The van der Waals surface area contributed by atoms with Crippen LogP contribution in [0.3, 0.4) is 0 Å². The Morgan fingerprint density at radius 3 is 2.77 bits per heavy atom. The van der Waals surface area contributed by atoms with Gasteiger partial charge in [0.1, 0.15) is 0 Å². The van der Waals surface area contributed by atoms with Gasteiger partial charge in [0.15, 0.2) is 22.4 Å². The number of carbonyl (C=O) groups is 2. The van der Waals surface area contributed by atoms with E-state index in [1.807, 2.05) is 23.6 Å². The van der Waals surface area contributed by atoms with Crippen LogP contribution in [0.15, 0.2) is 46.4 Å². The molecule has 0 unspecified atom stereocenters. The number of likely N-dealkylation sites (tertiary alicyclic amines) is 1. The van der Waals surface area contributed by atoms with Crippen molar-refractivity contribution in [2.24, 2.45) is 5.92 Å². The lowest BCUT2D eigenvalue weighted by Gasteiger charge is -2.30. The molecule has 0 bridgehead atoms. The Hall–Kier alpha value is -3.33. The van der Waals surface area contributed by atoms with Crippen LogP contribution < -0.4 is 14.8 Å². The van der Waals surface area contributed by atoms with E-state index in [0.29, 0.717) is 42.6 Å². The summed E-state index contributed by atoms with van der Waals surface area (Å²) in [5.41, 5.74) is 1.67. The van der Waals surface area contributed by atoms with E-state index in [-0.39, 0.29) is 24.5 Å². The van der Waals surface area contributed by atoms with Gasteiger partial charge in [-0.25, -0.2) is 4.98 Å². The number of anilines is 1. The van der Waals surface area contributed by atoms with Crippen LogP contribution in [0.1, 0.15) is 23.4 Å². The third-order valence-electron chi connectivity index (χ3n) is 5.29. The van der Waals surface area contributed by atoms with E-state index in [1.165, 1.54) is 17.6 Å². The zero-order valence-corrected chi connectivity index (χ0v) is 16.8. The highest BCUT2D eigenvalue weighted by Crippen LogP contribution is 2.36. The van der Waals surface area contributed by atoms with Gasteiger partial charge in [0.05, 0.1) is 12.0 Å². The third-order valence-corrected chi connectivity index (χ3v) is 6.05. The molecule has 9 heteroatoms. The number of carbonyl (C=O) groups excluding carboxylic acids is 2. The lowest BCUT2D eigenvalue weighted by atomic mass is 9.96. The molecule has 1 N–H and O–H groups in total. The molecule has 2 amide bonds. The molecule has 154 valence electrons. The Morgan fingerprint density at radius 2 is 1.97 bits per heavy atom. The summed E-state index contributed by atoms with van der Waals surface area (Å²) in [5, 5.41) is 5.37. The average molecular weight is 425 g/mol. The summed E-state index contributed by atoms with van der Waals surface area (Å²) in [6.07, 6.45) is 2.71. The Kier molecular flexibility index (Phi) is 4.88. The summed E-state index contributed by atoms with van der Waals surface area (Å²) < 4.78 is 15.9. The van der Waals surface area contributed by atoms with Gasteiger partial charge in [-0.05, 0) is 43.2 Å². The molecular weight excluding hydrogens is 406 g/mol. The van der Waals surface area contributed by atoms with Gasteiger partial charge in [-0.1, -0.05) is 0 Å². The van der Waals surface area contributed by atoms with Crippen molar-refractivity contribution in [1.82, 2.24) is 9.88 Å². The molecule has 0 saturated carbocycles. The monoisotopic (exact) mass is 425 g/mol. The van der Waals surface area contributed by atoms with Crippen molar-refractivity contribution < 1.29 is 23.5 Å². The minimum Gasteiger partial charge on any atom is -0.459 e. The minimum atomic E-state index is -0.149. The van der Waals surface area contributed by atoms with Gasteiger partial charge in [0.2, 0.25) is 12.7 Å². The van der Waals surface area contributed by atoms with Crippen LogP contribution in [0, 0.1) is 5.92 Å². The van der Waals surface area contributed by atoms with E-state index < -0.39 is 0 Å². The molecular formula is C21H19N3O5S. The zero-order valence-electron chi connectivity index (χ0n) is 16.0. The highest BCUT2D eigenvalue weighted by molar-refractivity contribution is 7.14. The van der Waals surface area contributed by atoms with Gasteiger partial charge in [-0.3, -0.25) is 9.59 Å². The molecule has 2 aliphatic rings. The first-order valence-electron chi connectivity index (χ1n) is 9.66. The lowest BCUT2D eigenvalue weighted by Crippen LogP contribution is -2.41. The zero-order chi connectivity index (χ0) is 20.5.